The molecule has 0 fully saturated rings. The van der Waals surface area contributed by atoms with E-state index in [1.54, 1.807) is 18.3 Å². The van der Waals surface area contributed by atoms with Crippen LogP contribution in [-0.4, -0.2) is 76.1 Å². The fourth-order valence-electron chi connectivity index (χ4n) is 4.28. The topological polar surface area (TPSA) is 251 Å². The number of amides is 3. The van der Waals surface area contributed by atoms with E-state index in [0.29, 0.717) is 12.0 Å². The maximum atomic E-state index is 13.1. The van der Waals surface area contributed by atoms with Gasteiger partial charge >= 0.3 is 5.97 Å². The summed E-state index contributed by atoms with van der Waals surface area (Å²) < 4.78 is 0. The lowest BCUT2D eigenvalue weighted by Gasteiger charge is -2.21. The molecule has 1 aromatic heterocycles. The summed E-state index contributed by atoms with van der Waals surface area (Å²) in [5.74, 6) is -3.32. The van der Waals surface area contributed by atoms with Crippen LogP contribution in [0.5, 0.6) is 5.75 Å². The van der Waals surface area contributed by atoms with Gasteiger partial charge in [-0.1, -0.05) is 30.3 Å². The molecular formula is C28H36N8O6. The van der Waals surface area contributed by atoms with Crippen molar-refractivity contribution in [1.82, 2.24) is 20.9 Å². The van der Waals surface area contributed by atoms with Gasteiger partial charge in [-0.2, -0.15) is 0 Å². The number of H-pyrrole nitrogens is 1. The average Bonchev–Trinajstić information content (AvgIpc) is 3.36. The monoisotopic (exact) mass is 580 g/mol. The standard InChI is InChI=1S/C28H36N8O6/c29-20(13-17-14-33-21-5-2-1-4-19(17)21)25(39)36-23(12-16-7-9-18(37)10-8-16)26(40)34-15-24(38)35-22(27(41)42)6-3-11-32-28(30)31/h1-2,4-5,7-10,14,20,22-23,33,37H,3,6,11-13,15,29H2,(H,34,40)(H,35,38)(H,36,39)(H,41,42)(H4,30,31,32). The number of carboxylic acid groups (broad SMARTS) is 1. The molecule has 3 atom stereocenters. The van der Waals surface area contributed by atoms with Gasteiger partial charge in [-0.15, -0.1) is 0 Å². The van der Waals surface area contributed by atoms with Gasteiger partial charge in [0.2, 0.25) is 17.7 Å². The van der Waals surface area contributed by atoms with Crippen molar-refractivity contribution < 1.29 is 29.4 Å². The normalized spacial score (nSPS) is 13.0. The number of phenolic OH excluding ortho intramolecular Hbond substituents is 1. The SMILES string of the molecule is NC(N)=NCCCC(NC(=O)CNC(=O)C(Cc1ccc(O)cc1)NC(=O)C(N)Cc1c[nH]c2ccccc12)C(=O)O. The number of aromatic hydroxyl groups is 1. The molecule has 0 aliphatic heterocycles. The Morgan fingerprint density at radius 1 is 0.929 bits per heavy atom. The van der Waals surface area contributed by atoms with E-state index in [0.717, 1.165) is 16.5 Å². The number of hydrogen-bond donors (Lipinski definition) is 9. The number of phenols is 1. The Kier molecular flexibility index (Phi) is 11.3. The zero-order chi connectivity index (χ0) is 30.6. The Bertz CT molecular complexity index is 1420. The number of para-hydroxylation sites is 1. The number of nitrogens with zero attached hydrogens (tertiary/aromatic N) is 1. The van der Waals surface area contributed by atoms with Crippen LogP contribution in [0, 0.1) is 0 Å². The van der Waals surface area contributed by atoms with Crippen molar-refractivity contribution in [3.8, 4) is 5.75 Å². The van der Waals surface area contributed by atoms with Gasteiger partial charge in [0.25, 0.3) is 0 Å². The molecule has 224 valence electrons. The fourth-order valence-corrected chi connectivity index (χ4v) is 4.28. The number of aliphatic imine (C=N–C) groups is 1. The lowest BCUT2D eigenvalue weighted by atomic mass is 10.0. The number of fused-ring (bicyclic) bond motifs is 1. The molecule has 14 nitrogen and oxygen atoms in total. The van der Waals surface area contributed by atoms with Crippen molar-refractivity contribution in [2.24, 2.45) is 22.2 Å². The van der Waals surface area contributed by atoms with Crippen LogP contribution in [0.1, 0.15) is 24.0 Å². The van der Waals surface area contributed by atoms with E-state index in [2.05, 4.69) is 25.9 Å². The Hall–Kier alpha value is -5.11. The average molecular weight is 581 g/mol. The third kappa shape index (κ3) is 9.52. The molecule has 0 spiro atoms. The lowest BCUT2D eigenvalue weighted by molar-refractivity contribution is -0.142. The summed E-state index contributed by atoms with van der Waals surface area (Å²) in [6.45, 7) is -0.334. The van der Waals surface area contributed by atoms with E-state index < -0.39 is 48.4 Å². The molecule has 2 aromatic carbocycles. The highest BCUT2D eigenvalue weighted by Gasteiger charge is 2.26. The minimum absolute atomic E-state index is 0.0347. The molecular weight excluding hydrogens is 544 g/mol. The number of nitrogens with one attached hydrogen (secondary N) is 4. The smallest absolute Gasteiger partial charge is 0.326 e. The summed E-state index contributed by atoms with van der Waals surface area (Å²) in [6, 6.07) is 10.4. The van der Waals surface area contributed by atoms with Gasteiger partial charge in [-0.25, -0.2) is 4.79 Å². The van der Waals surface area contributed by atoms with Crippen LogP contribution in [0.15, 0.2) is 59.7 Å². The summed E-state index contributed by atoms with van der Waals surface area (Å²) in [7, 11) is 0. The van der Waals surface area contributed by atoms with Crippen molar-refractivity contribution in [1.29, 1.82) is 0 Å². The van der Waals surface area contributed by atoms with Crippen LogP contribution < -0.4 is 33.2 Å². The highest BCUT2D eigenvalue weighted by atomic mass is 16.4. The minimum Gasteiger partial charge on any atom is -0.508 e. The number of hydrogen-bond acceptors (Lipinski definition) is 7. The lowest BCUT2D eigenvalue weighted by Crippen LogP contribution is -2.54. The third-order valence-corrected chi connectivity index (χ3v) is 6.46. The molecule has 3 rings (SSSR count). The number of carboxylic acids is 1. The van der Waals surface area contributed by atoms with E-state index in [4.69, 9.17) is 17.2 Å². The van der Waals surface area contributed by atoms with E-state index in [-0.39, 0.29) is 37.5 Å². The fraction of sp³-hybridized carbons (Fsp3) is 0.321. The first-order valence-corrected chi connectivity index (χ1v) is 13.3. The van der Waals surface area contributed by atoms with Gasteiger partial charge in [-0.3, -0.25) is 19.4 Å². The van der Waals surface area contributed by atoms with Crippen LogP contribution in [-0.2, 0) is 32.0 Å². The highest BCUT2D eigenvalue weighted by molar-refractivity contribution is 5.93. The molecule has 1 heterocycles. The number of benzene rings is 2. The van der Waals surface area contributed by atoms with Crippen molar-refractivity contribution >= 4 is 40.6 Å². The molecule has 0 bridgehead atoms. The number of aromatic nitrogens is 1. The molecule has 42 heavy (non-hydrogen) atoms. The Morgan fingerprint density at radius 3 is 2.33 bits per heavy atom. The van der Waals surface area contributed by atoms with Crippen molar-refractivity contribution in [3.05, 3.63) is 65.9 Å². The van der Waals surface area contributed by atoms with Crippen LogP contribution in [0.2, 0.25) is 0 Å². The van der Waals surface area contributed by atoms with E-state index in [9.17, 15) is 29.4 Å². The third-order valence-electron chi connectivity index (χ3n) is 6.46. The first-order chi connectivity index (χ1) is 20.0. The van der Waals surface area contributed by atoms with Crippen molar-refractivity contribution in [3.63, 3.8) is 0 Å². The maximum Gasteiger partial charge on any atom is 0.326 e. The van der Waals surface area contributed by atoms with Gasteiger partial charge in [0, 0.05) is 30.1 Å². The largest absolute Gasteiger partial charge is 0.508 e. The predicted molar refractivity (Wildman–Crippen MR) is 156 cm³/mol. The molecule has 3 amide bonds. The number of guanidine groups is 1. The number of aromatic amines is 1. The zero-order valence-corrected chi connectivity index (χ0v) is 22.9. The van der Waals surface area contributed by atoms with Crippen molar-refractivity contribution in [2.45, 2.75) is 43.8 Å². The summed E-state index contributed by atoms with van der Waals surface area (Å²) in [5.41, 5.74) is 19.1. The summed E-state index contributed by atoms with van der Waals surface area (Å²) >= 11 is 0. The number of aliphatic carboxylic acids is 1. The van der Waals surface area contributed by atoms with Gasteiger partial charge in [0.1, 0.15) is 17.8 Å². The minimum atomic E-state index is -1.25. The second-order valence-corrected chi connectivity index (χ2v) is 9.73. The highest BCUT2D eigenvalue weighted by Crippen LogP contribution is 2.19. The first kappa shape index (κ1) is 31.4. The zero-order valence-electron chi connectivity index (χ0n) is 22.9. The van der Waals surface area contributed by atoms with Crippen LogP contribution in [0.4, 0.5) is 0 Å². The Morgan fingerprint density at radius 2 is 1.64 bits per heavy atom. The van der Waals surface area contributed by atoms with Gasteiger partial charge in [-0.05, 0) is 48.6 Å². The van der Waals surface area contributed by atoms with Gasteiger partial charge in [0.05, 0.1) is 12.6 Å². The Labute approximate surface area is 241 Å². The van der Waals surface area contributed by atoms with E-state index in [1.807, 2.05) is 24.3 Å². The molecule has 0 saturated heterocycles. The van der Waals surface area contributed by atoms with Gasteiger partial charge in [0.15, 0.2) is 5.96 Å². The first-order valence-electron chi connectivity index (χ1n) is 13.3. The number of nitrogens with two attached hydrogens (primary N) is 3. The second kappa shape index (κ2) is 15.0. The molecule has 12 N–H and O–H groups in total. The van der Waals surface area contributed by atoms with Crippen molar-refractivity contribution in [2.75, 3.05) is 13.1 Å². The summed E-state index contributed by atoms with van der Waals surface area (Å²) in [4.78, 5) is 57.1. The molecule has 0 saturated carbocycles. The molecule has 3 aromatic rings. The molecule has 0 aliphatic carbocycles. The number of rotatable bonds is 15. The molecule has 0 aliphatic rings. The Balaban J connectivity index is 1.62. The second-order valence-electron chi connectivity index (χ2n) is 9.73. The van der Waals surface area contributed by atoms with Crippen LogP contribution >= 0.6 is 0 Å². The van der Waals surface area contributed by atoms with E-state index in [1.165, 1.54) is 12.1 Å². The van der Waals surface area contributed by atoms with Crippen LogP contribution in [0.25, 0.3) is 10.9 Å². The van der Waals surface area contributed by atoms with Crippen LogP contribution in [0.3, 0.4) is 0 Å². The predicted octanol–water partition coefficient (Wildman–Crippen LogP) is -0.790. The quantitative estimate of drug-likeness (QED) is 0.0619. The number of carbonyl (C=O) groups is 4. The number of carbonyl (C=O) groups excluding carboxylic acids is 3. The molecule has 14 heteroatoms. The maximum absolute atomic E-state index is 13.1. The van der Waals surface area contributed by atoms with E-state index >= 15 is 0 Å². The molecule has 0 radical (unpaired) electrons. The molecule has 3 unspecified atom stereocenters. The van der Waals surface area contributed by atoms with Gasteiger partial charge < -0.3 is 48.3 Å². The summed E-state index contributed by atoms with van der Waals surface area (Å²) in [6.07, 6.45) is 2.41. The summed E-state index contributed by atoms with van der Waals surface area (Å²) in [5, 5.41) is 27.4.